The van der Waals surface area contributed by atoms with Crippen LogP contribution in [-0.4, -0.2) is 30.1 Å². The summed E-state index contributed by atoms with van der Waals surface area (Å²) in [5, 5.41) is 1.19. The number of nitrogens with zero attached hydrogens (tertiary/aromatic N) is 2. The van der Waals surface area contributed by atoms with Crippen molar-refractivity contribution in [2.24, 2.45) is 0 Å². The van der Waals surface area contributed by atoms with Gasteiger partial charge in [-0.1, -0.05) is 54.6 Å². The van der Waals surface area contributed by atoms with Crippen LogP contribution in [-0.2, 0) is 17.8 Å². The van der Waals surface area contributed by atoms with E-state index in [0.717, 1.165) is 31.8 Å². The SMILES string of the molecule is COCCN(Cc1ccccc1)Cc1cccc2cccnc12. The molecule has 0 spiro atoms. The number of hydrogen-bond acceptors (Lipinski definition) is 3. The highest BCUT2D eigenvalue weighted by Crippen LogP contribution is 2.18. The molecule has 0 bridgehead atoms. The summed E-state index contributed by atoms with van der Waals surface area (Å²) in [5.74, 6) is 0. The van der Waals surface area contributed by atoms with Crippen LogP contribution in [0.4, 0.5) is 0 Å². The Labute approximate surface area is 137 Å². The van der Waals surface area contributed by atoms with Crippen molar-refractivity contribution in [2.75, 3.05) is 20.3 Å². The molecule has 3 aromatic rings. The molecule has 1 heterocycles. The van der Waals surface area contributed by atoms with E-state index in [1.165, 1.54) is 16.5 Å². The topological polar surface area (TPSA) is 25.4 Å². The van der Waals surface area contributed by atoms with Gasteiger partial charge in [0.25, 0.3) is 0 Å². The molecule has 0 amide bonds. The number of benzene rings is 2. The number of pyridine rings is 1. The Hall–Kier alpha value is -2.23. The van der Waals surface area contributed by atoms with Crippen LogP contribution >= 0.6 is 0 Å². The van der Waals surface area contributed by atoms with Crippen LogP contribution in [0.1, 0.15) is 11.1 Å². The van der Waals surface area contributed by atoms with E-state index in [1.54, 1.807) is 7.11 Å². The lowest BCUT2D eigenvalue weighted by molar-refractivity contribution is 0.140. The number of rotatable bonds is 7. The molecule has 0 radical (unpaired) electrons. The van der Waals surface area contributed by atoms with Gasteiger partial charge in [-0.3, -0.25) is 9.88 Å². The summed E-state index contributed by atoms with van der Waals surface area (Å²) in [6, 6.07) is 21.0. The lowest BCUT2D eigenvalue weighted by Gasteiger charge is -2.22. The second-order valence-electron chi connectivity index (χ2n) is 5.68. The molecule has 0 fully saturated rings. The minimum Gasteiger partial charge on any atom is -0.383 e. The Morgan fingerprint density at radius 3 is 2.57 bits per heavy atom. The molecule has 0 aliphatic rings. The maximum atomic E-state index is 5.28. The van der Waals surface area contributed by atoms with Crippen LogP contribution in [0.2, 0.25) is 0 Å². The highest BCUT2D eigenvalue weighted by atomic mass is 16.5. The molecule has 3 nitrogen and oxygen atoms in total. The van der Waals surface area contributed by atoms with Crippen LogP contribution in [0.5, 0.6) is 0 Å². The van der Waals surface area contributed by atoms with Crippen molar-refractivity contribution in [3.8, 4) is 0 Å². The smallest absolute Gasteiger partial charge is 0.0746 e. The van der Waals surface area contributed by atoms with Crippen LogP contribution in [0, 0.1) is 0 Å². The molecule has 3 heteroatoms. The third-order valence-corrected chi connectivity index (χ3v) is 3.97. The maximum Gasteiger partial charge on any atom is 0.0746 e. The quantitative estimate of drug-likeness (QED) is 0.662. The second-order valence-corrected chi connectivity index (χ2v) is 5.68. The molecule has 1 aromatic heterocycles. The fraction of sp³-hybridized carbons (Fsp3) is 0.250. The maximum absolute atomic E-state index is 5.28. The second kappa shape index (κ2) is 7.86. The van der Waals surface area contributed by atoms with Crippen LogP contribution in [0.3, 0.4) is 0 Å². The zero-order chi connectivity index (χ0) is 15.9. The van der Waals surface area contributed by atoms with Gasteiger partial charge in [0.05, 0.1) is 12.1 Å². The van der Waals surface area contributed by atoms with Gasteiger partial charge in [-0.25, -0.2) is 0 Å². The van der Waals surface area contributed by atoms with Gasteiger partial charge in [0.1, 0.15) is 0 Å². The number of para-hydroxylation sites is 1. The molecule has 0 saturated carbocycles. The molecule has 0 unspecified atom stereocenters. The van der Waals surface area contributed by atoms with Crippen molar-refractivity contribution >= 4 is 10.9 Å². The molecule has 0 aliphatic carbocycles. The Kier molecular flexibility index (Phi) is 5.35. The molecular weight excluding hydrogens is 284 g/mol. The molecule has 2 aromatic carbocycles. The highest BCUT2D eigenvalue weighted by molar-refractivity contribution is 5.81. The van der Waals surface area contributed by atoms with E-state index in [2.05, 4.69) is 64.5 Å². The summed E-state index contributed by atoms with van der Waals surface area (Å²) in [6.45, 7) is 3.40. The number of hydrogen-bond donors (Lipinski definition) is 0. The van der Waals surface area contributed by atoms with E-state index in [0.29, 0.717) is 0 Å². The average molecular weight is 306 g/mol. The lowest BCUT2D eigenvalue weighted by Crippen LogP contribution is -2.26. The predicted octanol–water partition coefficient (Wildman–Crippen LogP) is 3.88. The van der Waals surface area contributed by atoms with Gasteiger partial charge in [-0.05, 0) is 17.2 Å². The molecular formula is C20H22N2O. The molecule has 0 atom stereocenters. The van der Waals surface area contributed by atoms with E-state index < -0.39 is 0 Å². The summed E-state index contributed by atoms with van der Waals surface area (Å²) in [5.41, 5.74) is 3.66. The Bertz CT molecular complexity index is 737. The number of ether oxygens (including phenoxy) is 1. The van der Waals surface area contributed by atoms with E-state index in [-0.39, 0.29) is 0 Å². The normalized spacial score (nSPS) is 11.2. The van der Waals surface area contributed by atoms with Gasteiger partial charge in [-0.2, -0.15) is 0 Å². The van der Waals surface area contributed by atoms with Crippen molar-refractivity contribution in [3.05, 3.63) is 78.0 Å². The summed E-state index contributed by atoms with van der Waals surface area (Å²) >= 11 is 0. The van der Waals surface area contributed by atoms with Crippen molar-refractivity contribution in [1.82, 2.24) is 9.88 Å². The van der Waals surface area contributed by atoms with Gasteiger partial charge in [0.2, 0.25) is 0 Å². The Balaban J connectivity index is 1.82. The molecule has 0 N–H and O–H groups in total. The first kappa shape index (κ1) is 15.7. The molecule has 3 rings (SSSR count). The summed E-state index contributed by atoms with van der Waals surface area (Å²) in [6.07, 6.45) is 1.86. The zero-order valence-corrected chi connectivity index (χ0v) is 13.5. The zero-order valence-electron chi connectivity index (χ0n) is 13.5. The van der Waals surface area contributed by atoms with Crippen LogP contribution in [0.15, 0.2) is 66.9 Å². The monoisotopic (exact) mass is 306 g/mol. The third kappa shape index (κ3) is 4.15. The Morgan fingerprint density at radius 1 is 0.913 bits per heavy atom. The lowest BCUT2D eigenvalue weighted by atomic mass is 10.1. The average Bonchev–Trinajstić information content (AvgIpc) is 2.61. The van der Waals surface area contributed by atoms with Crippen LogP contribution in [0.25, 0.3) is 10.9 Å². The van der Waals surface area contributed by atoms with Crippen molar-refractivity contribution in [2.45, 2.75) is 13.1 Å². The highest BCUT2D eigenvalue weighted by Gasteiger charge is 2.10. The number of aromatic nitrogens is 1. The van der Waals surface area contributed by atoms with E-state index >= 15 is 0 Å². The van der Waals surface area contributed by atoms with Crippen LogP contribution < -0.4 is 0 Å². The number of fused-ring (bicyclic) bond motifs is 1. The minimum absolute atomic E-state index is 0.727. The molecule has 23 heavy (non-hydrogen) atoms. The fourth-order valence-corrected chi connectivity index (χ4v) is 2.81. The third-order valence-electron chi connectivity index (χ3n) is 3.97. The van der Waals surface area contributed by atoms with Crippen molar-refractivity contribution in [3.63, 3.8) is 0 Å². The van der Waals surface area contributed by atoms with Gasteiger partial charge in [-0.15, -0.1) is 0 Å². The number of methoxy groups -OCH3 is 1. The molecule has 118 valence electrons. The molecule has 0 aliphatic heterocycles. The summed E-state index contributed by atoms with van der Waals surface area (Å²) < 4.78 is 5.28. The Morgan fingerprint density at radius 2 is 1.74 bits per heavy atom. The largest absolute Gasteiger partial charge is 0.383 e. The first-order valence-corrected chi connectivity index (χ1v) is 7.94. The van der Waals surface area contributed by atoms with Gasteiger partial charge in [0.15, 0.2) is 0 Å². The summed E-state index contributed by atoms with van der Waals surface area (Å²) in [4.78, 5) is 6.97. The van der Waals surface area contributed by atoms with Gasteiger partial charge in [0, 0.05) is 38.3 Å². The van der Waals surface area contributed by atoms with Crippen molar-refractivity contribution in [1.29, 1.82) is 0 Å². The standard InChI is InChI=1S/C20H22N2O/c1-23-14-13-22(15-17-7-3-2-4-8-17)16-19-10-5-9-18-11-6-12-21-20(18)19/h2-12H,13-16H2,1H3. The van der Waals surface area contributed by atoms with Gasteiger partial charge < -0.3 is 4.74 Å². The summed E-state index contributed by atoms with van der Waals surface area (Å²) in [7, 11) is 1.75. The van der Waals surface area contributed by atoms with E-state index in [9.17, 15) is 0 Å². The van der Waals surface area contributed by atoms with E-state index in [1.807, 2.05) is 12.3 Å². The first-order chi connectivity index (χ1) is 11.4. The van der Waals surface area contributed by atoms with Gasteiger partial charge >= 0.3 is 0 Å². The van der Waals surface area contributed by atoms with E-state index in [4.69, 9.17) is 4.74 Å². The predicted molar refractivity (Wildman–Crippen MR) is 94.2 cm³/mol. The molecule has 0 saturated heterocycles. The van der Waals surface area contributed by atoms with Crippen molar-refractivity contribution < 1.29 is 4.74 Å². The fourth-order valence-electron chi connectivity index (χ4n) is 2.81. The first-order valence-electron chi connectivity index (χ1n) is 7.94. The minimum atomic E-state index is 0.727.